The Labute approximate surface area is 152 Å². The first-order valence-corrected chi connectivity index (χ1v) is 8.77. The van der Waals surface area contributed by atoms with Crippen LogP contribution in [0.3, 0.4) is 0 Å². The van der Waals surface area contributed by atoms with Crippen molar-refractivity contribution >= 4 is 17.2 Å². The number of phenols is 1. The van der Waals surface area contributed by atoms with Crippen molar-refractivity contribution in [2.45, 2.75) is 26.8 Å². The van der Waals surface area contributed by atoms with Gasteiger partial charge >= 0.3 is 0 Å². The normalized spacial score (nSPS) is 17.9. The molecule has 7 nitrogen and oxygen atoms in total. The van der Waals surface area contributed by atoms with Crippen LogP contribution in [0.25, 0.3) is 5.70 Å². The molecular formula is C19H25N6O+. The van der Waals surface area contributed by atoms with Crippen LogP contribution in [0.15, 0.2) is 30.2 Å². The van der Waals surface area contributed by atoms with Crippen LogP contribution < -0.4 is 20.9 Å². The summed E-state index contributed by atoms with van der Waals surface area (Å²) in [7, 11) is 1.99. The third-order valence-electron chi connectivity index (χ3n) is 5.23. The summed E-state index contributed by atoms with van der Waals surface area (Å²) in [5, 5.41) is 14.1. The van der Waals surface area contributed by atoms with Gasteiger partial charge in [-0.2, -0.15) is 0 Å². The maximum absolute atomic E-state index is 10.6. The summed E-state index contributed by atoms with van der Waals surface area (Å²) in [6, 6.07) is 3.74. The van der Waals surface area contributed by atoms with Gasteiger partial charge in [-0.25, -0.2) is 4.98 Å². The summed E-state index contributed by atoms with van der Waals surface area (Å²) < 4.78 is 0. The second-order valence-corrected chi connectivity index (χ2v) is 7.65. The number of anilines is 1. The molecule has 0 radical (unpaired) electrons. The Bertz CT molecular complexity index is 910. The Morgan fingerprint density at radius 2 is 2.19 bits per heavy atom. The molecule has 2 aromatic rings. The van der Waals surface area contributed by atoms with Gasteiger partial charge in [0.1, 0.15) is 5.75 Å². The van der Waals surface area contributed by atoms with Crippen molar-refractivity contribution in [2.24, 2.45) is 11.1 Å². The number of fused-ring (bicyclic) bond motifs is 2. The van der Waals surface area contributed by atoms with Crippen LogP contribution in [0, 0.1) is 5.41 Å². The highest BCUT2D eigenvalue weighted by atomic mass is 16.3. The first kappa shape index (κ1) is 16.5. The summed E-state index contributed by atoms with van der Waals surface area (Å²) in [4.78, 5) is 12.5. The number of nitrogens with two attached hydrogens (primary N) is 1. The summed E-state index contributed by atoms with van der Waals surface area (Å²) in [6.07, 6.45) is 4.26. The Hall–Kier alpha value is -2.96. The van der Waals surface area contributed by atoms with Crippen LogP contribution in [0.2, 0.25) is 0 Å². The number of aromatic nitrogens is 2. The molecule has 7 heteroatoms. The van der Waals surface area contributed by atoms with E-state index < -0.39 is 0 Å². The van der Waals surface area contributed by atoms with E-state index in [1.54, 1.807) is 18.6 Å². The van der Waals surface area contributed by atoms with E-state index >= 15 is 0 Å². The van der Waals surface area contributed by atoms with Crippen LogP contribution in [0.1, 0.15) is 30.7 Å². The van der Waals surface area contributed by atoms with E-state index in [4.69, 9.17) is 5.73 Å². The van der Waals surface area contributed by atoms with E-state index in [0.717, 1.165) is 46.0 Å². The van der Waals surface area contributed by atoms with Crippen molar-refractivity contribution < 1.29 is 10.1 Å². The quantitative estimate of drug-likeness (QED) is 0.536. The number of rotatable bonds is 3. The third kappa shape index (κ3) is 2.51. The van der Waals surface area contributed by atoms with Gasteiger partial charge in [-0.05, 0) is 24.1 Å². The van der Waals surface area contributed by atoms with E-state index in [-0.39, 0.29) is 11.2 Å². The molecule has 136 valence electrons. The molecule has 6 N–H and O–H groups in total. The van der Waals surface area contributed by atoms with Crippen molar-refractivity contribution in [2.75, 3.05) is 18.6 Å². The molecule has 0 spiro atoms. The molecule has 1 aliphatic carbocycles. The number of nitrogens with one attached hydrogen (secondary N) is 3. The molecule has 0 atom stereocenters. The zero-order valence-corrected chi connectivity index (χ0v) is 15.3. The standard InChI is InChI=1S/C19H24N6O/c1-19(2)6-13-12(16-15(19)18(20)24-10-23-16)4-5-14(26)17(13)25(3)8-11-7-21-9-22-11/h4-5,7,9,23,26H,6,8,10H2,1-3H3,(H2,20,24)(H,21,22)/p+1. The second-order valence-electron chi connectivity index (χ2n) is 7.65. The molecule has 0 fully saturated rings. The molecular weight excluding hydrogens is 328 g/mol. The zero-order chi connectivity index (χ0) is 18.5. The van der Waals surface area contributed by atoms with Crippen molar-refractivity contribution in [3.63, 3.8) is 0 Å². The molecule has 0 bridgehead atoms. The second kappa shape index (κ2) is 5.79. The maximum atomic E-state index is 10.6. The SMILES string of the molecule is CN(Cc1cnc[nH]1)c1c(O)ccc2c1CC(C)(C)C1=C2NC[NH+]=C1N. The van der Waals surface area contributed by atoms with Crippen LogP contribution in [0.4, 0.5) is 5.69 Å². The summed E-state index contributed by atoms with van der Waals surface area (Å²) in [5.41, 5.74) is 12.4. The van der Waals surface area contributed by atoms with E-state index in [9.17, 15) is 5.11 Å². The minimum atomic E-state index is -0.149. The lowest BCUT2D eigenvalue weighted by molar-refractivity contribution is -0.463. The molecule has 0 saturated heterocycles. The lowest BCUT2D eigenvalue weighted by Crippen LogP contribution is -2.81. The van der Waals surface area contributed by atoms with Gasteiger partial charge in [-0.15, -0.1) is 0 Å². The topological polar surface area (TPSA) is 104 Å². The number of hydrogen-bond acceptors (Lipinski definition) is 5. The first-order valence-electron chi connectivity index (χ1n) is 8.77. The first-order chi connectivity index (χ1) is 12.4. The smallest absolute Gasteiger partial charge is 0.272 e. The summed E-state index contributed by atoms with van der Waals surface area (Å²) in [6.45, 7) is 5.62. The highest BCUT2D eigenvalue weighted by Crippen LogP contribution is 2.47. The Kier molecular flexibility index (Phi) is 3.68. The number of nitrogens with zero attached hydrogens (tertiary/aromatic N) is 2. The van der Waals surface area contributed by atoms with Gasteiger partial charge in [-0.3, -0.25) is 10.7 Å². The number of phenolic OH excluding ortho intramolecular Hbond substituents is 1. The maximum Gasteiger partial charge on any atom is 0.272 e. The highest BCUT2D eigenvalue weighted by molar-refractivity contribution is 6.03. The largest absolute Gasteiger partial charge is 0.506 e. The molecule has 0 saturated carbocycles. The molecule has 2 aliphatic rings. The van der Waals surface area contributed by atoms with Crippen LogP contribution in [-0.2, 0) is 13.0 Å². The number of hydrogen-bond donors (Lipinski definition) is 5. The average molecular weight is 353 g/mol. The molecule has 1 aromatic heterocycles. The van der Waals surface area contributed by atoms with E-state index in [0.29, 0.717) is 13.2 Å². The van der Waals surface area contributed by atoms with Crippen LogP contribution in [-0.4, -0.2) is 34.6 Å². The zero-order valence-electron chi connectivity index (χ0n) is 15.3. The molecule has 2 heterocycles. The van der Waals surface area contributed by atoms with Gasteiger partial charge < -0.3 is 20.3 Å². The molecule has 26 heavy (non-hydrogen) atoms. The Morgan fingerprint density at radius 3 is 2.92 bits per heavy atom. The van der Waals surface area contributed by atoms with Gasteiger partial charge in [0.2, 0.25) is 0 Å². The third-order valence-corrected chi connectivity index (χ3v) is 5.23. The molecule has 0 unspecified atom stereocenters. The number of H-pyrrole nitrogens is 1. The predicted octanol–water partition coefficient (Wildman–Crippen LogP) is 0.0436. The van der Waals surface area contributed by atoms with Crippen LogP contribution >= 0.6 is 0 Å². The molecule has 0 amide bonds. The Morgan fingerprint density at radius 1 is 1.38 bits per heavy atom. The van der Waals surface area contributed by atoms with Gasteiger partial charge in [0.25, 0.3) is 5.84 Å². The number of benzene rings is 1. The van der Waals surface area contributed by atoms with E-state index in [2.05, 4.69) is 39.0 Å². The summed E-state index contributed by atoms with van der Waals surface area (Å²) in [5.74, 6) is 1.02. The highest BCUT2D eigenvalue weighted by Gasteiger charge is 2.40. The fraction of sp³-hybridized carbons (Fsp3) is 0.368. The van der Waals surface area contributed by atoms with Gasteiger partial charge in [0, 0.05) is 24.2 Å². The van der Waals surface area contributed by atoms with Crippen molar-refractivity contribution in [3.8, 4) is 5.75 Å². The van der Waals surface area contributed by atoms with E-state index in [1.165, 1.54) is 0 Å². The monoisotopic (exact) mass is 353 g/mol. The number of amidine groups is 1. The van der Waals surface area contributed by atoms with Crippen molar-refractivity contribution in [1.82, 2.24) is 15.3 Å². The lowest BCUT2D eigenvalue weighted by atomic mass is 9.70. The molecule has 1 aliphatic heterocycles. The fourth-order valence-corrected chi connectivity index (χ4v) is 4.17. The molecule has 4 rings (SSSR count). The van der Waals surface area contributed by atoms with E-state index in [1.807, 2.05) is 13.1 Å². The van der Waals surface area contributed by atoms with Gasteiger partial charge in [0.05, 0.1) is 35.5 Å². The van der Waals surface area contributed by atoms with Crippen LogP contribution in [0.5, 0.6) is 5.75 Å². The van der Waals surface area contributed by atoms with Crippen molar-refractivity contribution in [1.29, 1.82) is 0 Å². The number of aromatic hydroxyl groups is 1. The number of aromatic amines is 1. The number of imidazole rings is 1. The minimum absolute atomic E-state index is 0.149. The summed E-state index contributed by atoms with van der Waals surface area (Å²) >= 11 is 0. The molecule has 1 aromatic carbocycles. The predicted molar refractivity (Wildman–Crippen MR) is 101 cm³/mol. The minimum Gasteiger partial charge on any atom is -0.506 e. The average Bonchev–Trinajstić information content (AvgIpc) is 3.06. The lowest BCUT2D eigenvalue weighted by Gasteiger charge is -2.38. The van der Waals surface area contributed by atoms with Gasteiger partial charge in [-0.1, -0.05) is 13.8 Å². The van der Waals surface area contributed by atoms with Crippen molar-refractivity contribution in [3.05, 3.63) is 47.1 Å². The van der Waals surface area contributed by atoms with Gasteiger partial charge in [0.15, 0.2) is 6.67 Å². The fourth-order valence-electron chi connectivity index (χ4n) is 4.17. The Balaban J connectivity index is 1.85.